The Kier molecular flexibility index (Phi) is 3.04. The smallest absolute Gasteiger partial charge is 0.236 e. The summed E-state index contributed by atoms with van der Waals surface area (Å²) in [6, 6.07) is 17.8. The molecule has 20 heavy (non-hydrogen) atoms. The fraction of sp³-hybridized carbons (Fsp3) is 0.167. The van der Waals surface area contributed by atoms with Crippen molar-refractivity contribution in [3.8, 4) is 12.3 Å². The summed E-state index contributed by atoms with van der Waals surface area (Å²) in [4.78, 5) is 12.5. The van der Waals surface area contributed by atoms with Gasteiger partial charge < -0.3 is 5.32 Å². The molecule has 2 nitrogen and oxygen atoms in total. The van der Waals surface area contributed by atoms with Crippen molar-refractivity contribution in [2.45, 2.75) is 18.3 Å². The van der Waals surface area contributed by atoms with Crippen LogP contribution in [0.15, 0.2) is 54.6 Å². The van der Waals surface area contributed by atoms with Crippen molar-refractivity contribution < 1.29 is 4.79 Å². The van der Waals surface area contributed by atoms with Crippen LogP contribution in [0.4, 0.5) is 5.69 Å². The Morgan fingerprint density at radius 3 is 2.50 bits per heavy atom. The van der Waals surface area contributed by atoms with E-state index in [0.29, 0.717) is 12.8 Å². The molecule has 1 amide bonds. The Hall–Kier alpha value is -2.53. The van der Waals surface area contributed by atoms with Gasteiger partial charge in [0.05, 0.1) is 5.41 Å². The molecule has 2 aromatic rings. The SMILES string of the molecule is C#CC[C@@]1(Cc2ccccc2)C(=O)Nc2ccccc21. The van der Waals surface area contributed by atoms with Gasteiger partial charge in [-0.1, -0.05) is 48.5 Å². The Bertz CT molecular complexity index is 684. The van der Waals surface area contributed by atoms with Gasteiger partial charge in [-0.25, -0.2) is 0 Å². The number of hydrogen-bond acceptors (Lipinski definition) is 1. The van der Waals surface area contributed by atoms with Gasteiger partial charge in [-0.15, -0.1) is 12.3 Å². The van der Waals surface area contributed by atoms with Crippen molar-refractivity contribution in [3.63, 3.8) is 0 Å². The number of rotatable bonds is 3. The molecule has 0 radical (unpaired) electrons. The van der Waals surface area contributed by atoms with Gasteiger partial charge in [0.15, 0.2) is 0 Å². The second-order valence-electron chi connectivity index (χ2n) is 5.13. The van der Waals surface area contributed by atoms with Crippen LogP contribution in [-0.4, -0.2) is 5.91 Å². The lowest BCUT2D eigenvalue weighted by Gasteiger charge is -2.25. The van der Waals surface area contributed by atoms with Crippen LogP contribution in [0.2, 0.25) is 0 Å². The zero-order chi connectivity index (χ0) is 14.0. The molecule has 0 unspecified atom stereocenters. The molecular weight excluding hydrogens is 246 g/mol. The molecule has 0 spiro atoms. The summed E-state index contributed by atoms with van der Waals surface area (Å²) in [5, 5.41) is 2.96. The zero-order valence-corrected chi connectivity index (χ0v) is 11.1. The molecule has 0 aliphatic carbocycles. The fourth-order valence-electron chi connectivity index (χ4n) is 2.91. The van der Waals surface area contributed by atoms with E-state index in [1.54, 1.807) is 0 Å². The highest BCUT2D eigenvalue weighted by Gasteiger charge is 2.45. The van der Waals surface area contributed by atoms with Crippen LogP contribution in [0.5, 0.6) is 0 Å². The fourth-order valence-corrected chi connectivity index (χ4v) is 2.91. The van der Waals surface area contributed by atoms with Crippen LogP contribution >= 0.6 is 0 Å². The Balaban J connectivity index is 2.09. The molecular formula is C18H15NO. The second kappa shape index (κ2) is 4.86. The van der Waals surface area contributed by atoms with Crippen LogP contribution in [-0.2, 0) is 16.6 Å². The van der Waals surface area contributed by atoms with E-state index in [1.165, 1.54) is 0 Å². The van der Waals surface area contributed by atoms with Gasteiger partial charge in [-0.05, 0) is 23.6 Å². The predicted molar refractivity (Wildman–Crippen MR) is 80.3 cm³/mol. The first-order valence-electron chi connectivity index (χ1n) is 6.65. The highest BCUT2D eigenvalue weighted by atomic mass is 16.2. The van der Waals surface area contributed by atoms with Crippen LogP contribution in [0.1, 0.15) is 17.5 Å². The van der Waals surface area contributed by atoms with Gasteiger partial charge >= 0.3 is 0 Å². The first-order valence-corrected chi connectivity index (χ1v) is 6.65. The number of amides is 1. The molecule has 3 rings (SSSR count). The van der Waals surface area contributed by atoms with Crippen molar-refractivity contribution in [1.29, 1.82) is 0 Å². The quantitative estimate of drug-likeness (QED) is 0.845. The summed E-state index contributed by atoms with van der Waals surface area (Å²) in [6.45, 7) is 0. The molecule has 0 saturated carbocycles. The van der Waals surface area contributed by atoms with Gasteiger partial charge in [-0.2, -0.15) is 0 Å². The molecule has 2 heteroatoms. The molecule has 2 aromatic carbocycles. The number of hydrogen-bond donors (Lipinski definition) is 1. The largest absolute Gasteiger partial charge is 0.325 e. The minimum Gasteiger partial charge on any atom is -0.325 e. The summed E-state index contributed by atoms with van der Waals surface area (Å²) in [5.41, 5.74) is 2.36. The van der Waals surface area contributed by atoms with Gasteiger partial charge in [0, 0.05) is 12.1 Å². The highest BCUT2D eigenvalue weighted by Crippen LogP contribution is 2.42. The predicted octanol–water partition coefficient (Wildman–Crippen LogP) is 3.14. The van der Waals surface area contributed by atoms with E-state index >= 15 is 0 Å². The van der Waals surface area contributed by atoms with Gasteiger partial charge in [0.1, 0.15) is 0 Å². The molecule has 1 atom stereocenters. The number of carbonyl (C=O) groups excluding carboxylic acids is 1. The van der Waals surface area contributed by atoms with Gasteiger partial charge in [0.2, 0.25) is 5.91 Å². The summed E-state index contributed by atoms with van der Waals surface area (Å²) < 4.78 is 0. The lowest BCUT2D eigenvalue weighted by Crippen LogP contribution is -2.36. The Morgan fingerprint density at radius 1 is 1.05 bits per heavy atom. The van der Waals surface area contributed by atoms with Crippen LogP contribution in [0.25, 0.3) is 0 Å². The number of terminal acetylenes is 1. The van der Waals surface area contributed by atoms with E-state index in [-0.39, 0.29) is 5.91 Å². The number of nitrogens with one attached hydrogen (secondary N) is 1. The highest BCUT2D eigenvalue weighted by molar-refractivity contribution is 6.06. The second-order valence-corrected chi connectivity index (χ2v) is 5.13. The third kappa shape index (κ3) is 1.88. The van der Waals surface area contributed by atoms with E-state index in [1.807, 2.05) is 54.6 Å². The minimum atomic E-state index is -0.646. The van der Waals surface area contributed by atoms with Crippen molar-refractivity contribution in [1.82, 2.24) is 0 Å². The maximum Gasteiger partial charge on any atom is 0.236 e. The molecule has 1 N–H and O–H groups in total. The van der Waals surface area contributed by atoms with E-state index in [9.17, 15) is 4.79 Å². The summed E-state index contributed by atoms with van der Waals surface area (Å²) in [5.74, 6) is 2.68. The van der Waals surface area contributed by atoms with E-state index in [4.69, 9.17) is 6.42 Å². The number of benzene rings is 2. The molecule has 1 heterocycles. The molecule has 98 valence electrons. The van der Waals surface area contributed by atoms with Crippen LogP contribution in [0, 0.1) is 12.3 Å². The number of carbonyl (C=O) groups is 1. The topological polar surface area (TPSA) is 29.1 Å². The lowest BCUT2D eigenvalue weighted by atomic mass is 9.74. The standard InChI is InChI=1S/C18H15NO/c1-2-12-18(13-14-8-4-3-5-9-14)15-10-6-7-11-16(15)19-17(18)20/h1,3-11H,12-13H2,(H,19,20)/t18-/m0/s1. The van der Waals surface area contributed by atoms with Gasteiger partial charge in [0.25, 0.3) is 0 Å². The monoisotopic (exact) mass is 261 g/mol. The number of anilines is 1. The normalized spacial score (nSPS) is 20.1. The van der Waals surface area contributed by atoms with Crippen LogP contribution in [0.3, 0.4) is 0 Å². The molecule has 0 fully saturated rings. The Morgan fingerprint density at radius 2 is 1.75 bits per heavy atom. The van der Waals surface area contributed by atoms with Crippen molar-refractivity contribution in [2.24, 2.45) is 0 Å². The zero-order valence-electron chi connectivity index (χ0n) is 11.1. The average Bonchev–Trinajstić information content (AvgIpc) is 2.74. The summed E-state index contributed by atoms with van der Waals surface area (Å²) in [6.07, 6.45) is 6.57. The van der Waals surface area contributed by atoms with E-state index < -0.39 is 5.41 Å². The molecule has 0 saturated heterocycles. The average molecular weight is 261 g/mol. The molecule has 0 aromatic heterocycles. The third-order valence-electron chi connectivity index (χ3n) is 3.88. The maximum absolute atomic E-state index is 12.5. The third-order valence-corrected chi connectivity index (χ3v) is 3.88. The summed E-state index contributed by atoms with van der Waals surface area (Å²) >= 11 is 0. The first kappa shape index (κ1) is 12.5. The number of para-hydroxylation sites is 1. The van der Waals surface area contributed by atoms with E-state index in [0.717, 1.165) is 16.8 Å². The molecule has 1 aliphatic rings. The van der Waals surface area contributed by atoms with Crippen molar-refractivity contribution in [3.05, 3.63) is 65.7 Å². The lowest BCUT2D eigenvalue weighted by molar-refractivity contribution is -0.120. The number of fused-ring (bicyclic) bond motifs is 1. The van der Waals surface area contributed by atoms with Gasteiger partial charge in [-0.3, -0.25) is 4.79 Å². The van der Waals surface area contributed by atoms with Crippen molar-refractivity contribution in [2.75, 3.05) is 5.32 Å². The first-order chi connectivity index (χ1) is 9.76. The molecule has 0 bridgehead atoms. The van der Waals surface area contributed by atoms with Crippen molar-refractivity contribution >= 4 is 11.6 Å². The minimum absolute atomic E-state index is 0.000466. The summed E-state index contributed by atoms with van der Waals surface area (Å²) in [7, 11) is 0. The molecule has 1 aliphatic heterocycles. The Labute approximate surface area is 118 Å². The van der Waals surface area contributed by atoms with E-state index in [2.05, 4.69) is 11.2 Å². The van der Waals surface area contributed by atoms with Crippen LogP contribution < -0.4 is 5.32 Å². The maximum atomic E-state index is 12.5.